The van der Waals surface area contributed by atoms with Crippen LogP contribution in [0.1, 0.15) is 11.1 Å². The van der Waals surface area contributed by atoms with Crippen molar-refractivity contribution in [2.75, 3.05) is 0 Å². The third-order valence-electron chi connectivity index (χ3n) is 1.58. The Kier molecular flexibility index (Phi) is 3.07. The van der Waals surface area contributed by atoms with Gasteiger partial charge in [0.2, 0.25) is 0 Å². The van der Waals surface area contributed by atoms with E-state index in [2.05, 4.69) is 15.9 Å². The van der Waals surface area contributed by atoms with Crippen LogP contribution in [0.4, 0.5) is 0 Å². The van der Waals surface area contributed by atoms with Crippen LogP contribution in [-0.2, 0) is 0 Å². The van der Waals surface area contributed by atoms with Crippen molar-refractivity contribution in [1.29, 1.82) is 5.26 Å². The standard InChI is InChI=1S/C10H8BrN/c1-8-4-5-10(11)7-9(8)3-2-6-12/h2-5,7H,1H3. The van der Waals surface area contributed by atoms with Crippen LogP contribution < -0.4 is 0 Å². The number of nitrogens with zero attached hydrogens (tertiary/aromatic N) is 1. The molecule has 0 saturated carbocycles. The first-order valence-corrected chi connectivity index (χ1v) is 4.35. The molecule has 0 aliphatic rings. The fourth-order valence-electron chi connectivity index (χ4n) is 0.918. The van der Waals surface area contributed by atoms with Crippen LogP contribution in [0, 0.1) is 18.3 Å². The summed E-state index contributed by atoms with van der Waals surface area (Å²) in [7, 11) is 0. The molecule has 0 amide bonds. The Morgan fingerprint density at radius 2 is 2.25 bits per heavy atom. The van der Waals surface area contributed by atoms with Crippen LogP contribution in [0.5, 0.6) is 0 Å². The lowest BCUT2D eigenvalue weighted by Gasteiger charge is -1.99. The minimum atomic E-state index is 1.03. The van der Waals surface area contributed by atoms with Gasteiger partial charge in [-0.2, -0.15) is 5.26 Å². The van der Waals surface area contributed by atoms with E-state index in [-0.39, 0.29) is 0 Å². The second-order valence-corrected chi connectivity index (χ2v) is 3.38. The Labute approximate surface area is 80.5 Å². The van der Waals surface area contributed by atoms with Crippen molar-refractivity contribution in [3.63, 3.8) is 0 Å². The molecule has 0 saturated heterocycles. The molecule has 0 bridgehead atoms. The number of allylic oxidation sites excluding steroid dienone is 1. The van der Waals surface area contributed by atoms with Gasteiger partial charge in [-0.25, -0.2) is 0 Å². The van der Waals surface area contributed by atoms with Gasteiger partial charge < -0.3 is 0 Å². The summed E-state index contributed by atoms with van der Waals surface area (Å²) in [4.78, 5) is 0. The number of hydrogen-bond donors (Lipinski definition) is 0. The van der Waals surface area contributed by atoms with Gasteiger partial charge >= 0.3 is 0 Å². The van der Waals surface area contributed by atoms with E-state index in [1.54, 1.807) is 6.08 Å². The first-order valence-electron chi connectivity index (χ1n) is 3.56. The average Bonchev–Trinajstić information content (AvgIpc) is 2.07. The predicted molar refractivity (Wildman–Crippen MR) is 53.5 cm³/mol. The zero-order valence-corrected chi connectivity index (χ0v) is 8.30. The molecule has 1 rings (SSSR count). The van der Waals surface area contributed by atoms with E-state index >= 15 is 0 Å². The summed E-state index contributed by atoms with van der Waals surface area (Å²) in [6.07, 6.45) is 3.29. The normalized spacial score (nSPS) is 10.1. The zero-order valence-electron chi connectivity index (χ0n) is 6.71. The second kappa shape index (κ2) is 4.08. The van der Waals surface area contributed by atoms with Crippen molar-refractivity contribution in [2.45, 2.75) is 6.92 Å². The van der Waals surface area contributed by atoms with Crippen molar-refractivity contribution < 1.29 is 0 Å². The van der Waals surface area contributed by atoms with Crippen molar-refractivity contribution >= 4 is 22.0 Å². The Bertz CT molecular complexity index is 347. The molecule has 0 heterocycles. The molecule has 0 radical (unpaired) electrons. The summed E-state index contributed by atoms with van der Waals surface area (Å²) < 4.78 is 1.03. The zero-order chi connectivity index (χ0) is 8.97. The third kappa shape index (κ3) is 2.21. The lowest BCUT2D eigenvalue weighted by molar-refractivity contribution is 1.43. The number of halogens is 1. The highest BCUT2D eigenvalue weighted by molar-refractivity contribution is 9.10. The van der Waals surface area contributed by atoms with Crippen molar-refractivity contribution in [3.8, 4) is 6.07 Å². The molecular formula is C10H8BrN. The summed E-state index contributed by atoms with van der Waals surface area (Å²) in [6, 6.07) is 7.96. The van der Waals surface area contributed by atoms with Gasteiger partial charge in [0.1, 0.15) is 0 Å². The Balaban J connectivity index is 3.07. The molecular weight excluding hydrogens is 214 g/mol. The molecule has 0 fully saturated rings. The molecule has 0 spiro atoms. The summed E-state index contributed by atoms with van der Waals surface area (Å²) in [6.45, 7) is 2.02. The van der Waals surface area contributed by atoms with E-state index in [1.165, 1.54) is 11.6 Å². The van der Waals surface area contributed by atoms with E-state index in [9.17, 15) is 0 Å². The molecule has 12 heavy (non-hydrogen) atoms. The largest absolute Gasteiger partial charge is 0.193 e. The average molecular weight is 222 g/mol. The van der Waals surface area contributed by atoms with E-state index in [1.807, 2.05) is 31.2 Å². The van der Waals surface area contributed by atoms with E-state index in [0.717, 1.165) is 10.0 Å². The lowest BCUT2D eigenvalue weighted by atomic mass is 10.1. The van der Waals surface area contributed by atoms with Gasteiger partial charge in [0.05, 0.1) is 6.07 Å². The SMILES string of the molecule is Cc1ccc(Br)cc1C=CC#N. The van der Waals surface area contributed by atoms with E-state index in [4.69, 9.17) is 5.26 Å². The van der Waals surface area contributed by atoms with Gasteiger partial charge in [-0.3, -0.25) is 0 Å². The molecule has 0 atom stereocenters. The number of aryl methyl sites for hydroxylation is 1. The topological polar surface area (TPSA) is 23.8 Å². The van der Waals surface area contributed by atoms with Crippen LogP contribution in [-0.4, -0.2) is 0 Å². The predicted octanol–water partition coefficient (Wildman–Crippen LogP) is 3.29. The van der Waals surface area contributed by atoms with Gasteiger partial charge in [-0.1, -0.05) is 22.0 Å². The molecule has 1 nitrogen and oxygen atoms in total. The van der Waals surface area contributed by atoms with Gasteiger partial charge in [-0.15, -0.1) is 0 Å². The quantitative estimate of drug-likeness (QED) is 0.668. The number of hydrogen-bond acceptors (Lipinski definition) is 1. The maximum Gasteiger partial charge on any atom is 0.0912 e. The Hall–Kier alpha value is -1.07. The van der Waals surface area contributed by atoms with Crippen LogP contribution in [0.2, 0.25) is 0 Å². The van der Waals surface area contributed by atoms with E-state index in [0.29, 0.717) is 0 Å². The summed E-state index contributed by atoms with van der Waals surface area (Å²) in [5.41, 5.74) is 2.25. The molecule has 1 aromatic carbocycles. The first-order chi connectivity index (χ1) is 5.74. The molecule has 2 heteroatoms. The smallest absolute Gasteiger partial charge is 0.0912 e. The van der Waals surface area contributed by atoms with Crippen molar-refractivity contribution in [3.05, 3.63) is 39.9 Å². The first kappa shape index (κ1) is 9.02. The van der Waals surface area contributed by atoms with Crippen molar-refractivity contribution in [2.24, 2.45) is 0 Å². The molecule has 1 aromatic rings. The highest BCUT2D eigenvalue weighted by Gasteiger charge is 1.93. The van der Waals surface area contributed by atoms with Crippen LogP contribution in [0.3, 0.4) is 0 Å². The molecule has 0 aliphatic heterocycles. The molecule has 0 aliphatic carbocycles. The van der Waals surface area contributed by atoms with Crippen LogP contribution in [0.25, 0.3) is 6.08 Å². The van der Waals surface area contributed by atoms with Gasteiger partial charge in [0.25, 0.3) is 0 Å². The highest BCUT2D eigenvalue weighted by Crippen LogP contribution is 2.16. The summed E-state index contributed by atoms with van der Waals surface area (Å²) in [5.74, 6) is 0. The van der Waals surface area contributed by atoms with Gasteiger partial charge in [0, 0.05) is 10.5 Å². The minimum Gasteiger partial charge on any atom is -0.193 e. The maximum absolute atomic E-state index is 8.34. The number of nitriles is 1. The number of rotatable bonds is 1. The third-order valence-corrected chi connectivity index (χ3v) is 2.07. The maximum atomic E-state index is 8.34. The highest BCUT2D eigenvalue weighted by atomic mass is 79.9. The molecule has 0 N–H and O–H groups in total. The molecule has 0 unspecified atom stereocenters. The Morgan fingerprint density at radius 1 is 1.50 bits per heavy atom. The minimum absolute atomic E-state index is 1.03. The van der Waals surface area contributed by atoms with E-state index < -0.39 is 0 Å². The van der Waals surface area contributed by atoms with Crippen LogP contribution >= 0.6 is 15.9 Å². The van der Waals surface area contributed by atoms with Crippen LogP contribution in [0.15, 0.2) is 28.7 Å². The monoisotopic (exact) mass is 221 g/mol. The fraction of sp³-hybridized carbons (Fsp3) is 0.100. The second-order valence-electron chi connectivity index (χ2n) is 2.46. The summed E-state index contributed by atoms with van der Waals surface area (Å²) in [5, 5.41) is 8.34. The van der Waals surface area contributed by atoms with Gasteiger partial charge in [-0.05, 0) is 36.3 Å². The molecule has 60 valence electrons. The summed E-state index contributed by atoms with van der Waals surface area (Å²) >= 11 is 3.37. The number of benzene rings is 1. The molecule has 0 aromatic heterocycles. The lowest BCUT2D eigenvalue weighted by Crippen LogP contribution is -1.79. The fourth-order valence-corrected chi connectivity index (χ4v) is 1.30. The Morgan fingerprint density at radius 3 is 2.92 bits per heavy atom. The van der Waals surface area contributed by atoms with Gasteiger partial charge in [0.15, 0.2) is 0 Å². The van der Waals surface area contributed by atoms with Crippen molar-refractivity contribution in [1.82, 2.24) is 0 Å².